The number of hydrogen-bond acceptors (Lipinski definition) is 4. The van der Waals surface area contributed by atoms with Gasteiger partial charge in [0.25, 0.3) is 0 Å². The van der Waals surface area contributed by atoms with Crippen molar-refractivity contribution in [2.75, 3.05) is 24.7 Å². The zero-order chi connectivity index (χ0) is 12.1. The van der Waals surface area contributed by atoms with E-state index in [1.54, 1.807) is 11.8 Å². The molecule has 0 spiro atoms. The van der Waals surface area contributed by atoms with E-state index in [0.29, 0.717) is 11.7 Å². The lowest BCUT2D eigenvalue weighted by atomic mass is 9.95. The Labute approximate surface area is 106 Å². The molecule has 2 unspecified atom stereocenters. The number of hydrogen-bond donors (Lipinski definition) is 2. The van der Waals surface area contributed by atoms with Crippen molar-refractivity contribution in [3.05, 3.63) is 29.8 Å². The summed E-state index contributed by atoms with van der Waals surface area (Å²) in [6, 6.07) is 8.15. The maximum Gasteiger partial charge on any atom is 0.122 e. The first-order valence-corrected chi connectivity index (χ1v) is 7.05. The van der Waals surface area contributed by atoms with Gasteiger partial charge in [-0.3, -0.25) is 0 Å². The van der Waals surface area contributed by atoms with Crippen LogP contribution in [-0.4, -0.2) is 41.0 Å². The highest BCUT2D eigenvalue weighted by atomic mass is 32.2. The fourth-order valence-corrected chi connectivity index (χ4v) is 3.13. The molecule has 2 N–H and O–H groups in total. The number of aliphatic hydroxyl groups is 2. The van der Waals surface area contributed by atoms with E-state index in [0.717, 1.165) is 24.5 Å². The maximum atomic E-state index is 9.29. The van der Waals surface area contributed by atoms with Gasteiger partial charge < -0.3 is 14.9 Å². The minimum atomic E-state index is -0.602. The molecule has 2 rings (SSSR count). The van der Waals surface area contributed by atoms with Crippen LogP contribution in [0.1, 0.15) is 17.9 Å². The first-order valence-electron chi connectivity index (χ1n) is 5.89. The van der Waals surface area contributed by atoms with Crippen LogP contribution in [0.3, 0.4) is 0 Å². The highest BCUT2D eigenvalue weighted by Crippen LogP contribution is 2.35. The van der Waals surface area contributed by atoms with Gasteiger partial charge in [-0.15, -0.1) is 0 Å². The minimum Gasteiger partial charge on any atom is -0.493 e. The lowest BCUT2D eigenvalue weighted by Crippen LogP contribution is -2.18. The summed E-state index contributed by atoms with van der Waals surface area (Å²) in [5.74, 6) is 3.05. The summed E-state index contributed by atoms with van der Waals surface area (Å²) in [4.78, 5) is 0. The number of aliphatic hydroxyl groups excluding tert-OH is 2. The van der Waals surface area contributed by atoms with Gasteiger partial charge in [-0.25, -0.2) is 0 Å². The van der Waals surface area contributed by atoms with E-state index in [4.69, 9.17) is 9.84 Å². The fourth-order valence-electron chi connectivity index (χ4n) is 1.99. The smallest absolute Gasteiger partial charge is 0.122 e. The highest BCUT2D eigenvalue weighted by Gasteiger charge is 2.20. The first-order chi connectivity index (χ1) is 8.31. The summed E-state index contributed by atoms with van der Waals surface area (Å²) in [5, 5.41) is 18.0. The predicted octanol–water partition coefficient (Wildman–Crippen LogP) is 1.64. The van der Waals surface area contributed by atoms with Crippen molar-refractivity contribution in [3.8, 4) is 5.75 Å². The van der Waals surface area contributed by atoms with E-state index in [9.17, 15) is 5.11 Å². The average molecular weight is 254 g/mol. The van der Waals surface area contributed by atoms with Gasteiger partial charge in [0.1, 0.15) is 5.75 Å². The summed E-state index contributed by atoms with van der Waals surface area (Å²) in [7, 11) is 0. The number of rotatable bonds is 5. The van der Waals surface area contributed by atoms with Gasteiger partial charge in [0.05, 0.1) is 19.3 Å². The predicted molar refractivity (Wildman–Crippen MR) is 69.7 cm³/mol. The Balaban J connectivity index is 1.90. The molecule has 0 amide bonds. The van der Waals surface area contributed by atoms with E-state index in [1.165, 1.54) is 5.56 Å². The number of benzene rings is 1. The number of thioether (sulfide) groups is 1. The molecule has 0 radical (unpaired) electrons. The van der Waals surface area contributed by atoms with Gasteiger partial charge in [-0.05, 0) is 24.0 Å². The van der Waals surface area contributed by atoms with Crippen LogP contribution in [0.2, 0.25) is 0 Å². The van der Waals surface area contributed by atoms with Crippen LogP contribution in [0.5, 0.6) is 5.75 Å². The lowest BCUT2D eigenvalue weighted by molar-refractivity contribution is 0.113. The molecule has 4 heteroatoms. The monoisotopic (exact) mass is 254 g/mol. The Bertz CT molecular complexity index is 356. The molecule has 1 heterocycles. The van der Waals surface area contributed by atoms with Crippen molar-refractivity contribution < 1.29 is 14.9 Å². The van der Waals surface area contributed by atoms with Gasteiger partial charge in [0.2, 0.25) is 0 Å². The Morgan fingerprint density at radius 2 is 2.24 bits per heavy atom. The zero-order valence-corrected chi connectivity index (χ0v) is 10.5. The molecule has 2 atom stereocenters. The molecule has 0 fully saturated rings. The Morgan fingerprint density at radius 1 is 1.41 bits per heavy atom. The summed E-state index contributed by atoms with van der Waals surface area (Å²) in [6.45, 7) is 0.613. The number of para-hydroxylation sites is 1. The van der Waals surface area contributed by atoms with Crippen molar-refractivity contribution in [2.45, 2.75) is 18.4 Å². The second-order valence-corrected chi connectivity index (χ2v) is 5.32. The molecular formula is C13H18O3S. The summed E-state index contributed by atoms with van der Waals surface area (Å²) in [6.07, 6.45) is 0.425. The molecule has 3 nitrogen and oxygen atoms in total. The van der Waals surface area contributed by atoms with Crippen LogP contribution < -0.4 is 4.74 Å². The molecule has 94 valence electrons. The van der Waals surface area contributed by atoms with E-state index in [-0.39, 0.29) is 6.61 Å². The van der Waals surface area contributed by atoms with Crippen LogP contribution in [0.4, 0.5) is 0 Å². The van der Waals surface area contributed by atoms with Gasteiger partial charge in [0, 0.05) is 11.5 Å². The van der Waals surface area contributed by atoms with Crippen LogP contribution in [-0.2, 0) is 0 Å². The summed E-state index contributed by atoms with van der Waals surface area (Å²) in [5.41, 5.74) is 1.27. The highest BCUT2D eigenvalue weighted by molar-refractivity contribution is 7.99. The zero-order valence-electron chi connectivity index (χ0n) is 9.71. The Hall–Kier alpha value is -0.710. The molecule has 0 bridgehead atoms. The topological polar surface area (TPSA) is 49.7 Å². The van der Waals surface area contributed by atoms with E-state index in [1.807, 2.05) is 18.2 Å². The van der Waals surface area contributed by atoms with E-state index < -0.39 is 6.10 Å². The van der Waals surface area contributed by atoms with E-state index in [2.05, 4.69) is 6.07 Å². The number of fused-ring (bicyclic) bond motifs is 1. The van der Waals surface area contributed by atoms with Gasteiger partial charge in [0.15, 0.2) is 0 Å². The minimum absolute atomic E-state index is 0.155. The fraction of sp³-hybridized carbons (Fsp3) is 0.538. The molecule has 0 saturated heterocycles. The van der Waals surface area contributed by atoms with Crippen molar-refractivity contribution in [1.82, 2.24) is 0 Å². The van der Waals surface area contributed by atoms with Gasteiger partial charge in [-0.1, -0.05) is 18.2 Å². The quantitative estimate of drug-likeness (QED) is 0.838. The SMILES string of the molecule is OCC(O)CSCC1CCOc2ccccc21. The standard InChI is InChI=1S/C13H18O3S/c14-7-11(15)9-17-8-10-5-6-16-13-4-2-1-3-12(10)13/h1-4,10-11,14-15H,5-9H2. The molecular weight excluding hydrogens is 236 g/mol. The number of ether oxygens (including phenoxy) is 1. The molecule has 1 aromatic rings. The third-order valence-corrected chi connectivity index (χ3v) is 4.18. The largest absolute Gasteiger partial charge is 0.493 e. The van der Waals surface area contributed by atoms with Crippen LogP contribution >= 0.6 is 11.8 Å². The van der Waals surface area contributed by atoms with Crippen LogP contribution in [0.15, 0.2) is 24.3 Å². The Kier molecular flexibility index (Phi) is 4.71. The average Bonchev–Trinajstić information content (AvgIpc) is 2.39. The molecule has 0 aromatic heterocycles. The normalized spacial score (nSPS) is 20.5. The van der Waals surface area contributed by atoms with Crippen LogP contribution in [0.25, 0.3) is 0 Å². The van der Waals surface area contributed by atoms with Crippen molar-refractivity contribution >= 4 is 11.8 Å². The summed E-state index contributed by atoms with van der Waals surface area (Å²) >= 11 is 1.69. The van der Waals surface area contributed by atoms with Crippen molar-refractivity contribution in [3.63, 3.8) is 0 Å². The molecule has 1 aromatic carbocycles. The molecule has 0 saturated carbocycles. The second kappa shape index (κ2) is 6.28. The van der Waals surface area contributed by atoms with Crippen LogP contribution in [0, 0.1) is 0 Å². The molecule has 0 aliphatic carbocycles. The summed E-state index contributed by atoms with van der Waals surface area (Å²) < 4.78 is 5.60. The molecule has 17 heavy (non-hydrogen) atoms. The van der Waals surface area contributed by atoms with Gasteiger partial charge >= 0.3 is 0 Å². The maximum absolute atomic E-state index is 9.29. The van der Waals surface area contributed by atoms with Crippen molar-refractivity contribution in [2.24, 2.45) is 0 Å². The first kappa shape index (κ1) is 12.7. The second-order valence-electron chi connectivity index (χ2n) is 4.25. The Morgan fingerprint density at radius 3 is 3.06 bits per heavy atom. The third-order valence-electron chi connectivity index (χ3n) is 2.92. The third kappa shape index (κ3) is 3.37. The van der Waals surface area contributed by atoms with E-state index >= 15 is 0 Å². The molecule has 1 aliphatic heterocycles. The van der Waals surface area contributed by atoms with Crippen molar-refractivity contribution in [1.29, 1.82) is 0 Å². The lowest BCUT2D eigenvalue weighted by Gasteiger charge is -2.25. The molecule has 1 aliphatic rings. The van der Waals surface area contributed by atoms with Gasteiger partial charge in [-0.2, -0.15) is 11.8 Å².